The topological polar surface area (TPSA) is 84.2 Å². The molecule has 3 fully saturated rings. The number of hydrogen-bond donors (Lipinski definition) is 4. The number of rotatable bonds is 2. The summed E-state index contributed by atoms with van der Waals surface area (Å²) < 4.78 is 0. The molecule has 0 aromatic heterocycles. The quantitative estimate of drug-likeness (QED) is 0.581. The summed E-state index contributed by atoms with van der Waals surface area (Å²) in [4.78, 5) is 2.29. The number of aliphatic hydroxyl groups is 4. The van der Waals surface area contributed by atoms with Gasteiger partial charge in [-0.3, -0.25) is 0 Å². The monoisotopic (exact) mass is 299 g/mol. The predicted octanol–water partition coefficient (Wildman–Crippen LogP) is 0.106. The second-order valence-corrected chi connectivity index (χ2v) is 7.66. The fourth-order valence-corrected chi connectivity index (χ4v) is 4.92. The Morgan fingerprint density at radius 2 is 1.76 bits per heavy atom. The van der Waals surface area contributed by atoms with E-state index in [4.69, 9.17) is 0 Å². The summed E-state index contributed by atoms with van der Waals surface area (Å²) in [6.07, 6.45) is 2.88. The van der Waals surface area contributed by atoms with Crippen molar-refractivity contribution in [1.82, 2.24) is 4.90 Å². The Hall–Kier alpha value is -0.200. The third kappa shape index (κ3) is 2.53. The number of piperidine rings is 1. The van der Waals surface area contributed by atoms with E-state index in [2.05, 4.69) is 11.9 Å². The third-order valence-electron chi connectivity index (χ3n) is 6.35. The Balaban J connectivity index is 1.77. The zero-order valence-electron chi connectivity index (χ0n) is 12.9. The fraction of sp³-hybridized carbons (Fsp3) is 1.00. The molecule has 0 aromatic rings. The van der Waals surface area contributed by atoms with Crippen LogP contribution in [-0.4, -0.2) is 68.9 Å². The van der Waals surface area contributed by atoms with Gasteiger partial charge in [0.25, 0.3) is 0 Å². The van der Waals surface area contributed by atoms with Gasteiger partial charge >= 0.3 is 0 Å². The van der Waals surface area contributed by atoms with Gasteiger partial charge in [-0.1, -0.05) is 0 Å². The molecular weight excluding hydrogens is 270 g/mol. The van der Waals surface area contributed by atoms with Crippen LogP contribution < -0.4 is 0 Å². The number of fused-ring (bicyclic) bond motifs is 1. The maximum absolute atomic E-state index is 11.1. The molecule has 5 heteroatoms. The molecule has 1 saturated heterocycles. The Morgan fingerprint density at radius 3 is 2.43 bits per heavy atom. The van der Waals surface area contributed by atoms with Crippen LogP contribution in [0.25, 0.3) is 0 Å². The van der Waals surface area contributed by atoms with Gasteiger partial charge in [-0.05, 0) is 64.6 Å². The molecule has 5 nitrogen and oxygen atoms in total. The molecule has 5 unspecified atom stereocenters. The molecule has 122 valence electrons. The van der Waals surface area contributed by atoms with Crippen LogP contribution in [0.4, 0.5) is 0 Å². The van der Waals surface area contributed by atoms with E-state index in [-0.39, 0.29) is 6.42 Å². The molecular formula is C16H29NO4. The largest absolute Gasteiger partial charge is 0.390 e. The highest BCUT2D eigenvalue weighted by Crippen LogP contribution is 2.53. The van der Waals surface area contributed by atoms with Crippen molar-refractivity contribution < 1.29 is 20.4 Å². The van der Waals surface area contributed by atoms with E-state index in [9.17, 15) is 20.4 Å². The van der Waals surface area contributed by atoms with Gasteiger partial charge in [0.15, 0.2) is 0 Å². The van der Waals surface area contributed by atoms with Gasteiger partial charge in [-0.15, -0.1) is 0 Å². The lowest BCUT2D eigenvalue weighted by Gasteiger charge is -2.52. The highest BCUT2D eigenvalue weighted by atomic mass is 16.4. The SMILES string of the molecule is CN1CCC(CC2C(O)C(O)CC3(O)CCCC23O)CC1. The number of nitrogens with zero attached hydrogens (tertiary/aromatic N) is 1. The molecule has 0 aromatic carbocycles. The maximum Gasteiger partial charge on any atom is 0.0988 e. The number of likely N-dealkylation sites (tertiary alicyclic amines) is 1. The highest BCUT2D eigenvalue weighted by molar-refractivity contribution is 5.15. The summed E-state index contributed by atoms with van der Waals surface area (Å²) in [5.74, 6) is 0.0437. The van der Waals surface area contributed by atoms with E-state index >= 15 is 0 Å². The van der Waals surface area contributed by atoms with Crippen molar-refractivity contribution in [1.29, 1.82) is 0 Å². The first-order chi connectivity index (χ1) is 9.86. The normalized spacial score (nSPS) is 49.3. The van der Waals surface area contributed by atoms with Crippen molar-refractivity contribution in [2.45, 2.75) is 68.4 Å². The molecule has 4 N–H and O–H groups in total. The smallest absolute Gasteiger partial charge is 0.0988 e. The molecule has 1 heterocycles. The van der Waals surface area contributed by atoms with Crippen LogP contribution in [0.2, 0.25) is 0 Å². The van der Waals surface area contributed by atoms with Gasteiger partial charge in [0.05, 0.1) is 23.4 Å². The minimum absolute atomic E-state index is 0.0918. The molecule has 0 radical (unpaired) electrons. The van der Waals surface area contributed by atoms with E-state index in [1.54, 1.807) is 0 Å². The van der Waals surface area contributed by atoms with Gasteiger partial charge in [0.1, 0.15) is 0 Å². The average Bonchev–Trinajstić information content (AvgIpc) is 2.73. The average molecular weight is 299 g/mol. The fourth-order valence-electron chi connectivity index (χ4n) is 4.92. The lowest BCUT2D eigenvalue weighted by molar-refractivity contribution is -0.243. The van der Waals surface area contributed by atoms with Crippen molar-refractivity contribution in [3.05, 3.63) is 0 Å². The van der Waals surface area contributed by atoms with Crippen LogP contribution in [0.1, 0.15) is 44.9 Å². The minimum atomic E-state index is -1.23. The summed E-state index contributed by atoms with van der Waals surface area (Å²) in [7, 11) is 2.11. The molecule has 0 amide bonds. The zero-order valence-corrected chi connectivity index (χ0v) is 12.9. The lowest BCUT2D eigenvalue weighted by atomic mass is 9.62. The number of hydrogen-bond acceptors (Lipinski definition) is 5. The van der Waals surface area contributed by atoms with E-state index in [1.807, 2.05) is 0 Å². The third-order valence-corrected chi connectivity index (χ3v) is 6.35. The standard InChI is InChI=1S/C16H29NO4/c1-17-7-3-11(4-8-17)9-12-14(19)13(18)10-15(20)5-2-6-16(12,15)21/h11-14,18-21H,2-10H2,1H3. The van der Waals surface area contributed by atoms with Crippen molar-refractivity contribution >= 4 is 0 Å². The molecule has 1 aliphatic heterocycles. The molecule has 0 spiro atoms. The van der Waals surface area contributed by atoms with Crippen LogP contribution in [0.15, 0.2) is 0 Å². The molecule has 3 rings (SSSR count). The summed E-state index contributed by atoms with van der Waals surface area (Å²) in [5.41, 5.74) is -2.45. The summed E-state index contributed by atoms with van der Waals surface area (Å²) in [6, 6.07) is 0. The van der Waals surface area contributed by atoms with E-state index < -0.39 is 29.3 Å². The zero-order chi connectivity index (χ0) is 15.3. The molecule has 21 heavy (non-hydrogen) atoms. The van der Waals surface area contributed by atoms with Crippen LogP contribution in [0.5, 0.6) is 0 Å². The van der Waals surface area contributed by atoms with Crippen LogP contribution >= 0.6 is 0 Å². The van der Waals surface area contributed by atoms with Crippen molar-refractivity contribution in [2.75, 3.05) is 20.1 Å². The van der Waals surface area contributed by atoms with Gasteiger partial charge in [0, 0.05) is 12.3 Å². The van der Waals surface area contributed by atoms with E-state index in [1.165, 1.54) is 0 Å². The molecule has 2 aliphatic carbocycles. The van der Waals surface area contributed by atoms with Crippen LogP contribution in [0, 0.1) is 11.8 Å². The van der Waals surface area contributed by atoms with E-state index in [0.717, 1.165) is 32.4 Å². The maximum atomic E-state index is 11.1. The Bertz CT molecular complexity index is 384. The lowest BCUT2D eigenvalue weighted by Crippen LogP contribution is -2.66. The first-order valence-electron chi connectivity index (χ1n) is 8.35. The Morgan fingerprint density at radius 1 is 1.10 bits per heavy atom. The van der Waals surface area contributed by atoms with Crippen molar-refractivity contribution in [2.24, 2.45) is 11.8 Å². The highest BCUT2D eigenvalue weighted by Gasteiger charge is 2.63. The Kier molecular flexibility index (Phi) is 4.08. The van der Waals surface area contributed by atoms with Gasteiger partial charge < -0.3 is 25.3 Å². The first kappa shape index (κ1) is 15.7. The minimum Gasteiger partial charge on any atom is -0.390 e. The molecule has 2 saturated carbocycles. The summed E-state index contributed by atoms with van der Waals surface area (Å²) in [6.45, 7) is 2.08. The van der Waals surface area contributed by atoms with Crippen molar-refractivity contribution in [3.63, 3.8) is 0 Å². The summed E-state index contributed by atoms with van der Waals surface area (Å²) in [5, 5.41) is 42.4. The van der Waals surface area contributed by atoms with Crippen molar-refractivity contribution in [3.8, 4) is 0 Å². The second-order valence-electron chi connectivity index (χ2n) is 7.66. The van der Waals surface area contributed by atoms with Gasteiger partial charge in [-0.2, -0.15) is 0 Å². The molecule has 0 bridgehead atoms. The van der Waals surface area contributed by atoms with Gasteiger partial charge in [0.2, 0.25) is 0 Å². The number of aliphatic hydroxyl groups excluding tert-OH is 2. The molecule has 3 aliphatic rings. The predicted molar refractivity (Wildman–Crippen MR) is 78.7 cm³/mol. The second kappa shape index (κ2) is 5.46. The van der Waals surface area contributed by atoms with Gasteiger partial charge in [-0.25, -0.2) is 0 Å². The van der Waals surface area contributed by atoms with Crippen LogP contribution in [-0.2, 0) is 0 Å². The Labute approximate surface area is 126 Å². The van der Waals surface area contributed by atoms with Crippen LogP contribution in [0.3, 0.4) is 0 Å². The first-order valence-corrected chi connectivity index (χ1v) is 8.35. The summed E-state index contributed by atoms with van der Waals surface area (Å²) >= 11 is 0. The van der Waals surface area contributed by atoms with E-state index in [0.29, 0.717) is 25.2 Å². The molecule has 5 atom stereocenters.